The summed E-state index contributed by atoms with van der Waals surface area (Å²) in [5.74, 6) is 0. The minimum absolute atomic E-state index is 0.0141. The zero-order chi connectivity index (χ0) is 16.4. The van der Waals surface area contributed by atoms with Crippen molar-refractivity contribution in [2.45, 2.75) is 13.3 Å². The van der Waals surface area contributed by atoms with Crippen LogP contribution in [0.3, 0.4) is 0 Å². The molecular formula is C18H21N3OS. The monoisotopic (exact) mass is 327 g/mol. The van der Waals surface area contributed by atoms with Gasteiger partial charge in [-0.1, -0.05) is 37.3 Å². The maximum absolute atomic E-state index is 12.6. The van der Waals surface area contributed by atoms with Crippen molar-refractivity contribution < 1.29 is 4.79 Å². The van der Waals surface area contributed by atoms with Crippen LogP contribution >= 0.6 is 11.3 Å². The van der Waals surface area contributed by atoms with Gasteiger partial charge in [0.15, 0.2) is 0 Å². The van der Waals surface area contributed by atoms with Crippen LogP contribution < -0.4 is 4.90 Å². The summed E-state index contributed by atoms with van der Waals surface area (Å²) in [5.41, 5.74) is 3.17. The predicted octanol–water partition coefficient (Wildman–Crippen LogP) is 3.65. The molecule has 1 aliphatic rings. The van der Waals surface area contributed by atoms with Crippen molar-refractivity contribution in [1.82, 2.24) is 4.90 Å². The summed E-state index contributed by atoms with van der Waals surface area (Å²) in [6.45, 7) is 3.37. The normalized spacial score (nSPS) is 14.0. The number of carbonyl (C=O) groups excluding carboxylic acids is 1. The molecule has 1 aromatic heterocycles. The highest BCUT2D eigenvalue weighted by molar-refractivity contribution is 7.16. The minimum atomic E-state index is 0.0141. The topological polar surface area (TPSA) is 35.9 Å². The van der Waals surface area contributed by atoms with E-state index in [1.165, 1.54) is 4.88 Å². The van der Waals surface area contributed by atoms with Crippen molar-refractivity contribution in [3.8, 4) is 0 Å². The molecule has 5 heteroatoms. The standard InChI is InChI=1S/C18H21N3OS/c1-4-14-12-15-16(13-8-6-5-7-9-13)19-10-11-21(17(15)23-14)18(22)20(2)3/h5-9,12H,4,10-11H2,1-3H3. The third-order valence-electron chi connectivity index (χ3n) is 3.87. The van der Waals surface area contributed by atoms with Crippen molar-refractivity contribution >= 4 is 28.1 Å². The number of hydrogen-bond acceptors (Lipinski definition) is 3. The maximum atomic E-state index is 12.6. The third kappa shape index (κ3) is 3.01. The Morgan fingerprint density at radius 1 is 1.30 bits per heavy atom. The van der Waals surface area contributed by atoms with Gasteiger partial charge in [-0.25, -0.2) is 4.79 Å². The van der Waals surface area contributed by atoms with E-state index in [1.54, 1.807) is 30.3 Å². The Kier molecular flexibility index (Phi) is 4.48. The number of carbonyl (C=O) groups is 1. The Hall–Kier alpha value is -2.14. The van der Waals surface area contributed by atoms with Crippen LogP contribution in [-0.4, -0.2) is 43.8 Å². The second-order valence-corrected chi connectivity index (χ2v) is 6.83. The van der Waals surface area contributed by atoms with Gasteiger partial charge in [0.2, 0.25) is 0 Å². The van der Waals surface area contributed by atoms with Crippen LogP contribution in [0.4, 0.5) is 9.80 Å². The average molecular weight is 327 g/mol. The fraction of sp³-hybridized carbons (Fsp3) is 0.333. The molecule has 0 atom stereocenters. The first-order valence-corrected chi connectivity index (χ1v) is 8.65. The lowest BCUT2D eigenvalue weighted by Crippen LogP contribution is -2.40. The van der Waals surface area contributed by atoms with Gasteiger partial charge in [0.05, 0.1) is 12.3 Å². The van der Waals surface area contributed by atoms with E-state index in [2.05, 4.69) is 25.1 Å². The van der Waals surface area contributed by atoms with Gasteiger partial charge in [-0.2, -0.15) is 0 Å². The first kappa shape index (κ1) is 15.7. The van der Waals surface area contributed by atoms with Crippen LogP contribution in [0.15, 0.2) is 41.4 Å². The maximum Gasteiger partial charge on any atom is 0.324 e. The van der Waals surface area contributed by atoms with Crippen molar-refractivity contribution in [2.24, 2.45) is 4.99 Å². The number of nitrogens with zero attached hydrogens (tertiary/aromatic N) is 3. The second-order valence-electron chi connectivity index (χ2n) is 5.71. The quantitative estimate of drug-likeness (QED) is 0.829. The van der Waals surface area contributed by atoms with Crippen molar-refractivity contribution in [3.05, 3.63) is 52.4 Å². The molecule has 2 heterocycles. The first-order valence-electron chi connectivity index (χ1n) is 7.83. The Labute approximate surface area is 141 Å². The van der Waals surface area contributed by atoms with E-state index >= 15 is 0 Å². The molecule has 0 N–H and O–H groups in total. The fourth-order valence-corrected chi connectivity index (χ4v) is 3.81. The van der Waals surface area contributed by atoms with Gasteiger partial charge < -0.3 is 4.90 Å². The van der Waals surface area contributed by atoms with Crippen molar-refractivity contribution in [1.29, 1.82) is 0 Å². The number of anilines is 1. The minimum Gasteiger partial charge on any atom is -0.330 e. The highest BCUT2D eigenvalue weighted by atomic mass is 32.1. The molecule has 0 radical (unpaired) electrons. The summed E-state index contributed by atoms with van der Waals surface area (Å²) in [6, 6.07) is 12.4. The molecule has 0 spiro atoms. The zero-order valence-corrected chi connectivity index (χ0v) is 14.6. The second kappa shape index (κ2) is 6.54. The highest BCUT2D eigenvalue weighted by Gasteiger charge is 2.27. The van der Waals surface area contributed by atoms with E-state index < -0.39 is 0 Å². The van der Waals surface area contributed by atoms with Crippen LogP contribution in [0.25, 0.3) is 0 Å². The van der Waals surface area contributed by atoms with E-state index in [0.717, 1.165) is 28.3 Å². The highest BCUT2D eigenvalue weighted by Crippen LogP contribution is 2.35. The zero-order valence-electron chi connectivity index (χ0n) is 13.7. The van der Waals surface area contributed by atoms with E-state index in [0.29, 0.717) is 13.1 Å². The molecule has 0 saturated heterocycles. The summed E-state index contributed by atoms with van der Waals surface area (Å²) < 4.78 is 0. The van der Waals surface area contributed by atoms with Crippen LogP contribution in [-0.2, 0) is 6.42 Å². The molecule has 4 nitrogen and oxygen atoms in total. The van der Waals surface area contributed by atoms with Gasteiger partial charge in [0, 0.05) is 36.6 Å². The third-order valence-corrected chi connectivity index (χ3v) is 5.17. The summed E-state index contributed by atoms with van der Waals surface area (Å²) in [4.78, 5) is 22.1. The van der Waals surface area contributed by atoms with Crippen LogP contribution in [0.5, 0.6) is 0 Å². The molecule has 120 valence electrons. The molecule has 23 heavy (non-hydrogen) atoms. The molecule has 0 bridgehead atoms. The Balaban J connectivity index is 2.11. The first-order chi connectivity index (χ1) is 11.1. The van der Waals surface area contributed by atoms with Gasteiger partial charge in [0.1, 0.15) is 5.00 Å². The number of aliphatic imine (C=N–C) groups is 1. The lowest BCUT2D eigenvalue weighted by molar-refractivity contribution is 0.224. The molecule has 0 unspecified atom stereocenters. The molecule has 0 aliphatic carbocycles. The summed E-state index contributed by atoms with van der Waals surface area (Å²) in [7, 11) is 3.58. The van der Waals surface area contributed by atoms with Gasteiger partial charge in [-0.15, -0.1) is 11.3 Å². The number of amides is 2. The van der Waals surface area contributed by atoms with E-state index in [9.17, 15) is 4.79 Å². The van der Waals surface area contributed by atoms with E-state index in [1.807, 2.05) is 23.1 Å². The molecule has 2 amide bonds. The Bertz CT molecular complexity index is 734. The van der Waals surface area contributed by atoms with E-state index in [-0.39, 0.29) is 6.03 Å². The fourth-order valence-electron chi connectivity index (χ4n) is 2.69. The lowest BCUT2D eigenvalue weighted by atomic mass is 10.0. The van der Waals surface area contributed by atoms with Crippen LogP contribution in [0, 0.1) is 0 Å². The van der Waals surface area contributed by atoms with Gasteiger partial charge in [-0.3, -0.25) is 9.89 Å². The number of thiophene rings is 1. The molecule has 1 aliphatic heterocycles. The van der Waals surface area contributed by atoms with Gasteiger partial charge in [-0.05, 0) is 12.5 Å². The number of fused-ring (bicyclic) bond motifs is 1. The molecule has 1 aromatic carbocycles. The summed E-state index contributed by atoms with van der Waals surface area (Å²) >= 11 is 1.70. The lowest BCUT2D eigenvalue weighted by Gasteiger charge is -2.24. The number of hydrogen-bond donors (Lipinski definition) is 0. The van der Waals surface area contributed by atoms with Crippen molar-refractivity contribution in [3.63, 3.8) is 0 Å². The van der Waals surface area contributed by atoms with Gasteiger partial charge in [0.25, 0.3) is 0 Å². The smallest absolute Gasteiger partial charge is 0.324 e. The number of aryl methyl sites for hydroxylation is 1. The SMILES string of the molecule is CCc1cc2c(s1)N(C(=O)N(C)C)CCN=C2c1ccccc1. The Morgan fingerprint density at radius 2 is 2.04 bits per heavy atom. The van der Waals surface area contributed by atoms with Crippen LogP contribution in [0.2, 0.25) is 0 Å². The van der Waals surface area contributed by atoms with Crippen LogP contribution in [0.1, 0.15) is 22.9 Å². The number of benzene rings is 1. The predicted molar refractivity (Wildman–Crippen MR) is 97.1 cm³/mol. The molecule has 2 aromatic rings. The van der Waals surface area contributed by atoms with Crippen molar-refractivity contribution in [2.75, 3.05) is 32.1 Å². The summed E-state index contributed by atoms with van der Waals surface area (Å²) in [6.07, 6.45) is 0.962. The number of rotatable bonds is 2. The molecular weight excluding hydrogens is 306 g/mol. The molecule has 0 fully saturated rings. The molecule has 3 rings (SSSR count). The Morgan fingerprint density at radius 3 is 2.70 bits per heavy atom. The number of urea groups is 1. The summed E-state index contributed by atoms with van der Waals surface area (Å²) in [5, 5.41) is 1.01. The largest absolute Gasteiger partial charge is 0.330 e. The van der Waals surface area contributed by atoms with E-state index in [4.69, 9.17) is 4.99 Å². The molecule has 0 saturated carbocycles. The average Bonchev–Trinajstić information content (AvgIpc) is 2.91. The van der Waals surface area contributed by atoms with Gasteiger partial charge >= 0.3 is 6.03 Å².